The van der Waals surface area contributed by atoms with Gasteiger partial charge >= 0.3 is 0 Å². The van der Waals surface area contributed by atoms with Gasteiger partial charge in [-0.25, -0.2) is 0 Å². The number of nitrogens with zero attached hydrogens (tertiary/aromatic N) is 3. The molecule has 1 aromatic heterocycles. The van der Waals surface area contributed by atoms with Crippen LogP contribution in [0, 0.1) is 0 Å². The SMILES string of the molecule is CC(C)(c1ccccc1)c1cccc(N2c3cc(C(C)(C)c4ccccc4)ccc3B3c4ccc(C(C)(C)c5ccccc5)cc4N(c4cccc(C(C)(C)c5ccccc5)c4)c4cc(-n5c6ccccc6c6ccccc65)cc2c43)c1. The van der Waals surface area contributed by atoms with Gasteiger partial charge in [0.25, 0.3) is 6.71 Å². The van der Waals surface area contributed by atoms with Crippen LogP contribution in [0.1, 0.15) is 99.9 Å². The first-order valence-electron chi connectivity index (χ1n) is 29.2. The molecule has 2 aliphatic heterocycles. The number of hydrogen-bond acceptors (Lipinski definition) is 2. The van der Waals surface area contributed by atoms with Crippen molar-refractivity contribution in [3.8, 4) is 5.69 Å². The van der Waals surface area contributed by atoms with Crippen molar-refractivity contribution in [2.75, 3.05) is 9.80 Å². The Morgan fingerprint density at radius 1 is 0.256 bits per heavy atom. The van der Waals surface area contributed by atoms with Crippen LogP contribution in [-0.4, -0.2) is 11.3 Å². The maximum absolute atomic E-state index is 2.63. The van der Waals surface area contributed by atoms with Crippen LogP contribution in [-0.2, 0) is 21.7 Å². The van der Waals surface area contributed by atoms with Crippen molar-refractivity contribution in [1.29, 1.82) is 0 Å². The Balaban J connectivity index is 1.11. The fourth-order valence-electron chi connectivity index (χ4n) is 13.8. The molecule has 0 bridgehead atoms. The van der Waals surface area contributed by atoms with E-state index in [1.54, 1.807) is 0 Å². The first kappa shape index (κ1) is 51.1. The molecule has 3 heterocycles. The molecule has 0 N–H and O–H groups in total. The van der Waals surface area contributed by atoms with E-state index in [-0.39, 0.29) is 28.4 Å². The Kier molecular flexibility index (Phi) is 12.0. The average molecular weight is 1060 g/mol. The molecule has 11 aromatic carbocycles. The molecule has 0 radical (unpaired) electrons. The molecule has 0 saturated carbocycles. The van der Waals surface area contributed by atoms with Crippen LogP contribution >= 0.6 is 0 Å². The fourth-order valence-corrected chi connectivity index (χ4v) is 13.8. The third-order valence-corrected chi connectivity index (χ3v) is 19.0. The molecule has 12 aromatic rings. The summed E-state index contributed by atoms with van der Waals surface area (Å²) in [5.74, 6) is 0. The van der Waals surface area contributed by atoms with E-state index in [9.17, 15) is 0 Å². The largest absolute Gasteiger partial charge is 0.311 e. The molecule has 14 rings (SSSR count). The summed E-state index contributed by atoms with van der Waals surface area (Å²) in [7, 11) is 0. The molecular formula is C78H68BN3. The molecule has 3 nitrogen and oxygen atoms in total. The molecule has 0 amide bonds. The highest BCUT2D eigenvalue weighted by Crippen LogP contribution is 2.50. The van der Waals surface area contributed by atoms with Crippen LogP contribution in [0.3, 0.4) is 0 Å². The number of fused-ring (bicyclic) bond motifs is 7. The first-order chi connectivity index (χ1) is 39.7. The molecule has 0 saturated heterocycles. The van der Waals surface area contributed by atoms with Crippen LogP contribution in [0.25, 0.3) is 27.5 Å². The van der Waals surface area contributed by atoms with Crippen LogP contribution in [0.2, 0.25) is 0 Å². The van der Waals surface area contributed by atoms with Crippen LogP contribution in [0.15, 0.2) is 267 Å². The zero-order valence-corrected chi connectivity index (χ0v) is 48.3. The fraction of sp³-hybridized carbons (Fsp3) is 0.154. The Bertz CT molecular complexity index is 4120. The van der Waals surface area contributed by atoms with Gasteiger partial charge in [-0.3, -0.25) is 0 Å². The van der Waals surface area contributed by atoms with Gasteiger partial charge in [0.15, 0.2) is 0 Å². The Hall–Kier alpha value is -9.12. The summed E-state index contributed by atoms with van der Waals surface area (Å²) in [6, 6.07) is 101. The Morgan fingerprint density at radius 2 is 0.573 bits per heavy atom. The van der Waals surface area contributed by atoms with Gasteiger partial charge in [0.2, 0.25) is 0 Å². The molecule has 0 spiro atoms. The maximum Gasteiger partial charge on any atom is 0.252 e. The molecule has 0 unspecified atom stereocenters. The monoisotopic (exact) mass is 1060 g/mol. The summed E-state index contributed by atoms with van der Waals surface area (Å²) in [5.41, 5.74) is 23.3. The summed E-state index contributed by atoms with van der Waals surface area (Å²) >= 11 is 0. The van der Waals surface area contributed by atoms with Gasteiger partial charge in [-0.1, -0.05) is 262 Å². The van der Waals surface area contributed by atoms with Gasteiger partial charge in [0.05, 0.1) is 16.7 Å². The topological polar surface area (TPSA) is 11.4 Å². The van der Waals surface area contributed by atoms with E-state index >= 15 is 0 Å². The molecule has 2 aliphatic rings. The van der Waals surface area contributed by atoms with E-state index < -0.39 is 0 Å². The molecule has 398 valence electrons. The van der Waals surface area contributed by atoms with E-state index in [1.807, 2.05) is 0 Å². The summed E-state index contributed by atoms with van der Waals surface area (Å²) in [5, 5.41) is 2.47. The zero-order chi connectivity index (χ0) is 56.1. The van der Waals surface area contributed by atoms with E-state index in [0.29, 0.717) is 0 Å². The van der Waals surface area contributed by atoms with Crippen molar-refractivity contribution < 1.29 is 0 Å². The lowest BCUT2D eigenvalue weighted by atomic mass is 9.33. The standard InChI is InChI=1S/C78H68BN3/c1-75(2,53-27-13-9-14-28-53)57-35-25-37-61(47-57)80-70-49-59(77(5,6)55-31-17-11-18-32-55)43-45-66(70)79-67-46-44-60(78(7,8)56-33-19-12-20-34-56)50-71(67)81(62-38-26-36-58(48-62)76(3,4)54-29-15-10-16-30-54)73-52-63(51-72(80)74(73)79)82-68-41-23-21-39-64(68)65-40-22-24-42-69(65)82/h9-52H,1-8H3. The van der Waals surface area contributed by atoms with Crippen LogP contribution in [0.4, 0.5) is 34.1 Å². The lowest BCUT2D eigenvalue weighted by Crippen LogP contribution is -2.61. The van der Waals surface area contributed by atoms with E-state index in [2.05, 4.69) is 337 Å². The second-order valence-corrected chi connectivity index (χ2v) is 25.0. The summed E-state index contributed by atoms with van der Waals surface area (Å²) in [6.07, 6.45) is 0. The number of anilines is 6. The average Bonchev–Trinajstić information content (AvgIpc) is 3.54. The summed E-state index contributed by atoms with van der Waals surface area (Å²) in [4.78, 5) is 5.25. The van der Waals surface area contributed by atoms with E-state index in [4.69, 9.17) is 0 Å². The lowest BCUT2D eigenvalue weighted by molar-refractivity contribution is 0.640. The molecule has 82 heavy (non-hydrogen) atoms. The van der Waals surface area contributed by atoms with Crippen LogP contribution in [0.5, 0.6) is 0 Å². The highest BCUT2D eigenvalue weighted by molar-refractivity contribution is 7.00. The summed E-state index contributed by atoms with van der Waals surface area (Å²) in [6.45, 7) is 18.9. The quantitative estimate of drug-likeness (QED) is 0.120. The Morgan fingerprint density at radius 3 is 0.939 bits per heavy atom. The van der Waals surface area contributed by atoms with Crippen molar-refractivity contribution in [2.24, 2.45) is 0 Å². The van der Waals surface area contributed by atoms with Crippen molar-refractivity contribution in [3.05, 3.63) is 311 Å². The smallest absolute Gasteiger partial charge is 0.252 e. The normalized spacial score (nSPS) is 13.3. The molecule has 0 fully saturated rings. The lowest BCUT2D eigenvalue weighted by Gasteiger charge is -2.45. The van der Waals surface area contributed by atoms with E-state index in [0.717, 1.165) is 17.1 Å². The maximum atomic E-state index is 2.63. The zero-order valence-electron chi connectivity index (χ0n) is 48.3. The predicted octanol–water partition coefficient (Wildman–Crippen LogP) is 18.2. The van der Waals surface area contributed by atoms with Gasteiger partial charge in [0.1, 0.15) is 0 Å². The van der Waals surface area contributed by atoms with Gasteiger partial charge in [-0.2, -0.15) is 0 Å². The van der Waals surface area contributed by atoms with E-state index in [1.165, 1.54) is 105 Å². The number of hydrogen-bond donors (Lipinski definition) is 0. The highest BCUT2D eigenvalue weighted by Gasteiger charge is 2.45. The number of para-hydroxylation sites is 2. The predicted molar refractivity (Wildman–Crippen MR) is 349 cm³/mol. The van der Waals surface area contributed by atoms with Crippen molar-refractivity contribution in [1.82, 2.24) is 4.57 Å². The number of benzene rings is 11. The molecule has 4 heteroatoms. The highest BCUT2D eigenvalue weighted by atomic mass is 15.2. The molecule has 0 aliphatic carbocycles. The third kappa shape index (κ3) is 8.09. The van der Waals surface area contributed by atoms with Crippen molar-refractivity contribution in [3.63, 3.8) is 0 Å². The minimum atomic E-state index is -0.299. The van der Waals surface area contributed by atoms with Gasteiger partial charge in [0, 0.05) is 66.6 Å². The summed E-state index contributed by atoms with van der Waals surface area (Å²) < 4.78 is 2.52. The minimum Gasteiger partial charge on any atom is -0.311 e. The van der Waals surface area contributed by atoms with Gasteiger partial charge in [-0.15, -0.1) is 0 Å². The van der Waals surface area contributed by atoms with Gasteiger partial charge < -0.3 is 14.4 Å². The number of rotatable bonds is 11. The molecular weight excluding hydrogens is 990 g/mol. The van der Waals surface area contributed by atoms with Crippen LogP contribution < -0.4 is 26.2 Å². The number of aromatic nitrogens is 1. The minimum absolute atomic E-state index is 0.106. The van der Waals surface area contributed by atoms with Crippen molar-refractivity contribution in [2.45, 2.75) is 77.0 Å². The second-order valence-electron chi connectivity index (χ2n) is 25.0. The Labute approximate surface area is 484 Å². The third-order valence-electron chi connectivity index (χ3n) is 19.0. The first-order valence-corrected chi connectivity index (χ1v) is 29.2. The molecule has 0 atom stereocenters. The van der Waals surface area contributed by atoms with Crippen molar-refractivity contribution >= 4 is 79.0 Å². The second kappa shape index (κ2) is 19.3. The van der Waals surface area contributed by atoms with Gasteiger partial charge in [-0.05, 0) is 122 Å².